The molecule has 33 heavy (non-hydrogen) atoms. The van der Waals surface area contributed by atoms with E-state index in [-0.39, 0.29) is 37.7 Å². The molecule has 6 nitrogen and oxygen atoms in total. The number of alkyl carbamates (subject to hydrolysis) is 1. The molecule has 0 spiro atoms. The van der Waals surface area contributed by atoms with Crippen LogP contribution in [0.25, 0.3) is 17.2 Å². The normalized spacial score (nSPS) is 12.4. The van der Waals surface area contributed by atoms with Gasteiger partial charge in [0.15, 0.2) is 5.78 Å². The third kappa shape index (κ3) is 5.38. The molecule has 7 heteroatoms. The molecule has 1 heterocycles. The van der Waals surface area contributed by atoms with Crippen molar-refractivity contribution < 1.29 is 24.2 Å². The molecule has 2 aromatic carbocycles. The van der Waals surface area contributed by atoms with Crippen LogP contribution in [-0.2, 0) is 9.53 Å². The summed E-state index contributed by atoms with van der Waals surface area (Å²) >= 11 is 1.29. The number of carbonyl (C=O) groups is 3. The first kappa shape index (κ1) is 22.5. The van der Waals surface area contributed by atoms with Crippen LogP contribution in [0.3, 0.4) is 0 Å². The van der Waals surface area contributed by atoms with Crippen LogP contribution in [-0.4, -0.2) is 36.1 Å². The summed E-state index contributed by atoms with van der Waals surface area (Å²) in [4.78, 5) is 36.1. The second-order valence-corrected chi connectivity index (χ2v) is 8.74. The van der Waals surface area contributed by atoms with E-state index in [0.29, 0.717) is 4.88 Å². The number of rotatable bonds is 9. The fraction of sp³-hybridized carbons (Fsp3) is 0.192. The van der Waals surface area contributed by atoms with Crippen LogP contribution >= 0.6 is 11.3 Å². The number of nitrogens with one attached hydrogen (secondary N) is 1. The molecule has 1 amide bonds. The summed E-state index contributed by atoms with van der Waals surface area (Å²) in [6.07, 6.45) is 2.91. The van der Waals surface area contributed by atoms with Gasteiger partial charge in [-0.25, -0.2) is 4.79 Å². The average molecular weight is 462 g/mol. The van der Waals surface area contributed by atoms with Crippen LogP contribution in [0.5, 0.6) is 0 Å². The number of fused-ring (bicyclic) bond motifs is 3. The predicted octanol–water partition coefficient (Wildman–Crippen LogP) is 5.35. The molecule has 0 fully saturated rings. The van der Waals surface area contributed by atoms with Crippen LogP contribution in [0.1, 0.15) is 44.4 Å². The number of carboxylic acid groups (broad SMARTS) is 1. The van der Waals surface area contributed by atoms with Gasteiger partial charge in [-0.05, 0) is 40.5 Å². The largest absolute Gasteiger partial charge is 0.481 e. The molecule has 4 rings (SSSR count). The number of amides is 1. The Balaban J connectivity index is 1.26. The van der Waals surface area contributed by atoms with E-state index in [4.69, 9.17) is 9.84 Å². The van der Waals surface area contributed by atoms with Crippen LogP contribution < -0.4 is 5.32 Å². The lowest BCUT2D eigenvalue weighted by molar-refractivity contribution is -0.136. The molecule has 2 N–H and O–H groups in total. The van der Waals surface area contributed by atoms with E-state index < -0.39 is 12.1 Å². The van der Waals surface area contributed by atoms with Gasteiger partial charge in [0.05, 0.1) is 11.3 Å². The molecule has 0 saturated carbocycles. The second-order valence-electron chi connectivity index (χ2n) is 7.63. The molecule has 1 aliphatic carbocycles. The lowest BCUT2D eigenvalue weighted by Crippen LogP contribution is -2.26. The SMILES string of the molecule is O=C(O)CCC(=O)c1ccc(C=CCNC(=O)OCC2c3ccccc3-c3ccccc32)s1. The Hall–Kier alpha value is -3.71. The molecule has 0 saturated heterocycles. The summed E-state index contributed by atoms with van der Waals surface area (Å²) in [5.74, 6) is -1.15. The summed E-state index contributed by atoms with van der Waals surface area (Å²) < 4.78 is 5.50. The number of aliphatic carboxylic acids is 1. The Kier molecular flexibility index (Phi) is 7.00. The number of benzene rings is 2. The van der Waals surface area contributed by atoms with Gasteiger partial charge in [0.25, 0.3) is 0 Å². The van der Waals surface area contributed by atoms with Crippen molar-refractivity contribution in [1.29, 1.82) is 0 Å². The molecule has 0 bridgehead atoms. The molecule has 0 atom stereocenters. The first-order chi connectivity index (χ1) is 16.0. The number of carbonyl (C=O) groups excluding carboxylic acids is 2. The van der Waals surface area contributed by atoms with Crippen molar-refractivity contribution in [2.45, 2.75) is 18.8 Å². The summed E-state index contributed by atoms with van der Waals surface area (Å²) in [7, 11) is 0. The van der Waals surface area contributed by atoms with Crippen LogP contribution in [0.2, 0.25) is 0 Å². The highest BCUT2D eigenvalue weighted by molar-refractivity contribution is 7.14. The van der Waals surface area contributed by atoms with Gasteiger partial charge in [0.1, 0.15) is 6.61 Å². The fourth-order valence-electron chi connectivity index (χ4n) is 3.90. The van der Waals surface area contributed by atoms with Gasteiger partial charge < -0.3 is 15.2 Å². The zero-order valence-electron chi connectivity index (χ0n) is 17.8. The van der Waals surface area contributed by atoms with Crippen LogP contribution in [0.4, 0.5) is 4.79 Å². The topological polar surface area (TPSA) is 92.7 Å². The second kappa shape index (κ2) is 10.3. The predicted molar refractivity (Wildman–Crippen MR) is 128 cm³/mol. The van der Waals surface area contributed by atoms with Crippen molar-refractivity contribution in [2.75, 3.05) is 13.2 Å². The van der Waals surface area contributed by atoms with E-state index in [2.05, 4.69) is 29.6 Å². The van der Waals surface area contributed by atoms with Gasteiger partial charge >= 0.3 is 12.1 Å². The smallest absolute Gasteiger partial charge is 0.407 e. The minimum Gasteiger partial charge on any atom is -0.481 e. The number of hydrogen-bond donors (Lipinski definition) is 2. The summed E-state index contributed by atoms with van der Waals surface area (Å²) in [6.45, 7) is 0.549. The van der Waals surface area contributed by atoms with E-state index in [0.717, 1.165) is 16.0 Å². The fourth-order valence-corrected chi connectivity index (χ4v) is 4.81. The quantitative estimate of drug-likeness (QED) is 0.419. The Morgan fingerprint density at radius 3 is 2.27 bits per heavy atom. The number of Topliss-reactive ketones (excluding diaryl/α,β-unsaturated/α-hetero) is 1. The molecule has 0 aliphatic heterocycles. The maximum Gasteiger partial charge on any atom is 0.407 e. The van der Waals surface area contributed by atoms with E-state index >= 15 is 0 Å². The Bertz CT molecular complexity index is 1170. The van der Waals surface area contributed by atoms with E-state index in [1.165, 1.54) is 22.5 Å². The van der Waals surface area contributed by atoms with Crippen LogP contribution in [0, 0.1) is 0 Å². The Labute approximate surface area is 195 Å². The van der Waals surface area contributed by atoms with E-state index in [9.17, 15) is 14.4 Å². The minimum absolute atomic E-state index is 0.0116. The summed E-state index contributed by atoms with van der Waals surface area (Å²) in [5.41, 5.74) is 4.69. The standard InChI is InChI=1S/C26H23NO5S/c28-23(12-14-25(29)30)24-13-11-17(33-24)6-5-15-27-26(31)32-16-22-20-9-3-1-7-18(20)19-8-2-4-10-21(19)22/h1-11,13,22H,12,14-16H2,(H,27,31)(H,29,30). The van der Waals surface area contributed by atoms with Crippen molar-refractivity contribution in [1.82, 2.24) is 5.32 Å². The highest BCUT2D eigenvalue weighted by Gasteiger charge is 2.28. The highest BCUT2D eigenvalue weighted by atomic mass is 32.1. The number of thiophene rings is 1. The third-order valence-electron chi connectivity index (χ3n) is 5.46. The van der Waals surface area contributed by atoms with Crippen molar-refractivity contribution in [2.24, 2.45) is 0 Å². The Morgan fingerprint density at radius 1 is 0.939 bits per heavy atom. The maximum absolute atomic E-state index is 12.2. The van der Waals surface area contributed by atoms with Crippen molar-refractivity contribution >= 4 is 35.3 Å². The van der Waals surface area contributed by atoms with Gasteiger partial charge in [0.2, 0.25) is 0 Å². The lowest BCUT2D eigenvalue weighted by atomic mass is 9.98. The molecule has 1 aromatic heterocycles. The number of ketones is 1. The first-order valence-corrected chi connectivity index (χ1v) is 11.4. The molecule has 168 valence electrons. The maximum atomic E-state index is 12.2. The molecule has 0 unspecified atom stereocenters. The number of ether oxygens (including phenoxy) is 1. The Morgan fingerprint density at radius 2 is 1.61 bits per heavy atom. The zero-order valence-corrected chi connectivity index (χ0v) is 18.6. The van der Waals surface area contributed by atoms with Gasteiger partial charge in [-0.3, -0.25) is 9.59 Å². The summed E-state index contributed by atoms with van der Waals surface area (Å²) in [6, 6.07) is 19.8. The molecular weight excluding hydrogens is 438 g/mol. The zero-order chi connectivity index (χ0) is 23.2. The van der Waals surface area contributed by atoms with Crippen LogP contribution in [0.15, 0.2) is 66.7 Å². The van der Waals surface area contributed by atoms with Gasteiger partial charge in [-0.2, -0.15) is 0 Å². The van der Waals surface area contributed by atoms with Crippen molar-refractivity contribution in [3.63, 3.8) is 0 Å². The highest BCUT2D eigenvalue weighted by Crippen LogP contribution is 2.44. The summed E-state index contributed by atoms with van der Waals surface area (Å²) in [5, 5.41) is 11.4. The van der Waals surface area contributed by atoms with Gasteiger partial charge in [0, 0.05) is 23.8 Å². The molecular formula is C26H23NO5S. The monoisotopic (exact) mass is 461 g/mol. The number of hydrogen-bond acceptors (Lipinski definition) is 5. The van der Waals surface area contributed by atoms with Crippen molar-refractivity contribution in [3.8, 4) is 11.1 Å². The first-order valence-electron chi connectivity index (χ1n) is 10.6. The molecule has 0 radical (unpaired) electrons. The molecule has 1 aliphatic rings. The number of carboxylic acids is 1. The van der Waals surface area contributed by atoms with Gasteiger partial charge in [-0.1, -0.05) is 54.6 Å². The third-order valence-corrected chi connectivity index (χ3v) is 6.55. The van der Waals surface area contributed by atoms with Gasteiger partial charge in [-0.15, -0.1) is 11.3 Å². The lowest BCUT2D eigenvalue weighted by Gasteiger charge is -2.14. The van der Waals surface area contributed by atoms with Crippen molar-refractivity contribution in [3.05, 3.63) is 87.6 Å². The van der Waals surface area contributed by atoms with E-state index in [1.54, 1.807) is 18.2 Å². The van der Waals surface area contributed by atoms with E-state index in [1.807, 2.05) is 30.3 Å². The molecule has 3 aromatic rings. The minimum atomic E-state index is -0.987. The average Bonchev–Trinajstić information content (AvgIpc) is 3.42.